The van der Waals surface area contributed by atoms with E-state index in [-0.39, 0.29) is 5.78 Å². The van der Waals surface area contributed by atoms with E-state index in [0.717, 1.165) is 0 Å². The van der Waals surface area contributed by atoms with Gasteiger partial charge in [0.05, 0.1) is 0 Å². The molecular weight excluding hydrogens is 188 g/mol. The molecule has 0 saturated carbocycles. The minimum atomic E-state index is -1.49. The lowest BCUT2D eigenvalue weighted by atomic mass is 9.95. The number of carbonyl (C=O) groups is 1. The monoisotopic (exact) mass is 202 g/mol. The zero-order valence-corrected chi connectivity index (χ0v) is 8.90. The molecule has 0 heterocycles. The van der Waals surface area contributed by atoms with Crippen molar-refractivity contribution < 1.29 is 9.90 Å². The Morgan fingerprint density at radius 2 is 2.00 bits per heavy atom. The van der Waals surface area contributed by atoms with Crippen molar-refractivity contribution in [3.8, 4) is 0 Å². The normalized spacial score (nSPS) is 13.5. The highest BCUT2D eigenvalue weighted by molar-refractivity contribution is 6.03. The molecule has 0 aromatic heterocycles. The lowest BCUT2D eigenvalue weighted by Crippen LogP contribution is -2.32. The molecule has 0 aliphatic heterocycles. The first kappa shape index (κ1) is 11.4. The van der Waals surface area contributed by atoms with Crippen LogP contribution in [0.3, 0.4) is 0 Å². The van der Waals surface area contributed by atoms with Gasteiger partial charge in [0, 0.05) is 5.56 Å². The van der Waals surface area contributed by atoms with Gasteiger partial charge in [-0.25, -0.2) is 0 Å². The van der Waals surface area contributed by atoms with Crippen molar-refractivity contribution in [2.24, 2.45) is 0 Å². The van der Waals surface area contributed by atoms with Gasteiger partial charge in [-0.1, -0.05) is 30.3 Å². The number of aliphatic hydroxyl groups is 1. The second kappa shape index (κ2) is 4.74. The fourth-order valence-electron chi connectivity index (χ4n) is 1.19. The highest BCUT2D eigenvalue weighted by atomic mass is 16.3. The summed E-state index contributed by atoms with van der Waals surface area (Å²) in [5.74, 6) is -0.322. The van der Waals surface area contributed by atoms with Crippen LogP contribution in [0.2, 0.25) is 0 Å². The molecule has 2 heteroatoms. The van der Waals surface area contributed by atoms with Gasteiger partial charge in [-0.3, -0.25) is 4.79 Å². The molecule has 0 amide bonds. The second-order valence-electron chi connectivity index (χ2n) is 3.44. The fraction of sp³-hybridized carbons (Fsp3) is 0.231. The highest BCUT2D eigenvalue weighted by Gasteiger charge is 2.27. The number of hydrogen-bond acceptors (Lipinski definition) is 2. The molecule has 0 spiro atoms. The Balaban J connectivity index is 3.00. The van der Waals surface area contributed by atoms with Gasteiger partial charge in [-0.2, -0.15) is 0 Å². The predicted octanol–water partition coefficient (Wildman–Crippen LogP) is 2.35. The SMILES string of the molecule is CC=C=C[C@@](C)(O)C(=O)c1ccccc1. The van der Waals surface area contributed by atoms with Crippen molar-refractivity contribution in [1.29, 1.82) is 0 Å². The summed E-state index contributed by atoms with van der Waals surface area (Å²) in [7, 11) is 0. The van der Waals surface area contributed by atoms with Crippen molar-refractivity contribution in [3.63, 3.8) is 0 Å². The Morgan fingerprint density at radius 3 is 2.53 bits per heavy atom. The Kier molecular flexibility index (Phi) is 3.62. The van der Waals surface area contributed by atoms with E-state index < -0.39 is 5.60 Å². The van der Waals surface area contributed by atoms with E-state index >= 15 is 0 Å². The molecule has 0 aliphatic carbocycles. The summed E-state index contributed by atoms with van der Waals surface area (Å²) >= 11 is 0. The molecule has 78 valence electrons. The van der Waals surface area contributed by atoms with Crippen LogP contribution in [-0.2, 0) is 0 Å². The van der Waals surface area contributed by atoms with Gasteiger partial charge in [-0.05, 0) is 26.0 Å². The van der Waals surface area contributed by atoms with Crippen LogP contribution in [0.15, 0.2) is 48.2 Å². The first-order valence-corrected chi connectivity index (χ1v) is 4.78. The Morgan fingerprint density at radius 1 is 1.40 bits per heavy atom. The maximum Gasteiger partial charge on any atom is 0.198 e. The van der Waals surface area contributed by atoms with E-state index in [0.29, 0.717) is 5.56 Å². The van der Waals surface area contributed by atoms with E-state index in [9.17, 15) is 9.90 Å². The molecule has 0 aliphatic rings. The van der Waals surface area contributed by atoms with Crippen LogP contribution >= 0.6 is 0 Å². The summed E-state index contributed by atoms with van der Waals surface area (Å²) in [5, 5.41) is 9.88. The zero-order chi connectivity index (χ0) is 11.3. The van der Waals surface area contributed by atoms with E-state index in [1.807, 2.05) is 6.07 Å². The molecule has 2 nitrogen and oxygen atoms in total. The van der Waals surface area contributed by atoms with Crippen LogP contribution < -0.4 is 0 Å². The third-order valence-electron chi connectivity index (χ3n) is 2.03. The summed E-state index contributed by atoms with van der Waals surface area (Å²) in [6.45, 7) is 3.23. The smallest absolute Gasteiger partial charge is 0.198 e. The summed E-state index contributed by atoms with van der Waals surface area (Å²) in [6, 6.07) is 8.72. The van der Waals surface area contributed by atoms with Gasteiger partial charge in [0.25, 0.3) is 0 Å². The second-order valence-corrected chi connectivity index (χ2v) is 3.44. The van der Waals surface area contributed by atoms with E-state index in [4.69, 9.17) is 0 Å². The lowest BCUT2D eigenvalue weighted by Gasteiger charge is -2.15. The molecule has 15 heavy (non-hydrogen) atoms. The van der Waals surface area contributed by atoms with Gasteiger partial charge in [-0.15, -0.1) is 5.73 Å². The molecule has 1 atom stereocenters. The number of ketones is 1. The summed E-state index contributed by atoms with van der Waals surface area (Å²) < 4.78 is 0. The van der Waals surface area contributed by atoms with Gasteiger partial charge >= 0.3 is 0 Å². The first-order chi connectivity index (χ1) is 7.08. The van der Waals surface area contributed by atoms with Gasteiger partial charge < -0.3 is 5.11 Å². The van der Waals surface area contributed by atoms with E-state index in [1.54, 1.807) is 37.3 Å². The van der Waals surface area contributed by atoms with Crippen molar-refractivity contribution in [1.82, 2.24) is 0 Å². The Hall–Kier alpha value is -1.63. The molecule has 0 saturated heterocycles. The van der Waals surface area contributed by atoms with Crippen LogP contribution in [-0.4, -0.2) is 16.5 Å². The standard InChI is InChI=1S/C13H14O2/c1-3-4-10-13(2,15)12(14)11-8-6-5-7-9-11/h3,5-10,15H,1-2H3/t4?,13-/m1/s1. The topological polar surface area (TPSA) is 37.3 Å². The average molecular weight is 202 g/mol. The first-order valence-electron chi connectivity index (χ1n) is 4.78. The summed E-state index contributed by atoms with van der Waals surface area (Å²) in [5.41, 5.74) is 1.72. The van der Waals surface area contributed by atoms with Crippen molar-refractivity contribution in [3.05, 3.63) is 53.8 Å². The molecule has 1 aromatic rings. The maximum absolute atomic E-state index is 11.8. The molecule has 0 radical (unpaired) electrons. The minimum Gasteiger partial charge on any atom is -0.377 e. The molecule has 0 fully saturated rings. The fourth-order valence-corrected chi connectivity index (χ4v) is 1.19. The summed E-state index contributed by atoms with van der Waals surface area (Å²) in [4.78, 5) is 11.8. The number of hydrogen-bond donors (Lipinski definition) is 1. The van der Waals surface area contributed by atoms with Crippen molar-refractivity contribution in [2.75, 3.05) is 0 Å². The predicted molar refractivity (Wildman–Crippen MR) is 59.7 cm³/mol. The quantitative estimate of drug-likeness (QED) is 0.603. The number of Topliss-reactive ketones (excluding diaryl/α,β-unsaturated/α-hetero) is 1. The molecule has 1 rings (SSSR count). The third kappa shape index (κ3) is 2.91. The maximum atomic E-state index is 11.8. The minimum absolute atomic E-state index is 0.322. The summed E-state index contributed by atoms with van der Waals surface area (Å²) in [6.07, 6.45) is 3.01. The average Bonchev–Trinajstić information content (AvgIpc) is 2.26. The molecule has 1 aromatic carbocycles. The number of benzene rings is 1. The number of carbonyl (C=O) groups excluding carboxylic acids is 1. The molecule has 1 N–H and O–H groups in total. The van der Waals surface area contributed by atoms with Crippen LogP contribution in [0.5, 0.6) is 0 Å². The van der Waals surface area contributed by atoms with Gasteiger partial charge in [0.1, 0.15) is 5.60 Å². The lowest BCUT2D eigenvalue weighted by molar-refractivity contribution is 0.0592. The van der Waals surface area contributed by atoms with Gasteiger partial charge in [0.2, 0.25) is 0 Å². The highest BCUT2D eigenvalue weighted by Crippen LogP contribution is 2.14. The van der Waals surface area contributed by atoms with Crippen molar-refractivity contribution in [2.45, 2.75) is 19.4 Å². The van der Waals surface area contributed by atoms with Crippen LogP contribution in [0.1, 0.15) is 24.2 Å². The molecule has 0 bridgehead atoms. The van der Waals surface area contributed by atoms with E-state index in [2.05, 4.69) is 5.73 Å². The third-order valence-corrected chi connectivity index (χ3v) is 2.03. The van der Waals surface area contributed by atoms with E-state index in [1.165, 1.54) is 13.0 Å². The molecule has 0 unspecified atom stereocenters. The van der Waals surface area contributed by atoms with Crippen LogP contribution in [0.4, 0.5) is 0 Å². The van der Waals surface area contributed by atoms with Crippen LogP contribution in [0.25, 0.3) is 0 Å². The largest absolute Gasteiger partial charge is 0.377 e. The zero-order valence-electron chi connectivity index (χ0n) is 8.90. The van der Waals surface area contributed by atoms with Gasteiger partial charge in [0.15, 0.2) is 5.78 Å². The molecular formula is C13H14O2. The van der Waals surface area contributed by atoms with Crippen LogP contribution in [0, 0.1) is 0 Å². The Labute approximate surface area is 89.6 Å². The Bertz CT molecular complexity index is 396. The number of rotatable bonds is 3. The van der Waals surface area contributed by atoms with Crippen molar-refractivity contribution >= 4 is 5.78 Å².